The number of rotatable bonds is 7. The third-order valence-corrected chi connectivity index (χ3v) is 4.85. The van der Waals surface area contributed by atoms with Crippen molar-refractivity contribution >= 4 is 33.2 Å². The molecule has 3 rings (SSSR count). The van der Waals surface area contributed by atoms with Crippen LogP contribution in [0.2, 0.25) is 0 Å². The van der Waals surface area contributed by atoms with Gasteiger partial charge in [-0.2, -0.15) is 13.2 Å². The molecule has 1 atom stereocenters. The van der Waals surface area contributed by atoms with Crippen LogP contribution in [0.15, 0.2) is 23.6 Å². The van der Waals surface area contributed by atoms with Crippen LogP contribution in [0.25, 0.3) is 10.1 Å². The maximum absolute atomic E-state index is 12.1. The Morgan fingerprint density at radius 2 is 2.19 bits per heavy atom. The molecule has 0 spiro atoms. The summed E-state index contributed by atoms with van der Waals surface area (Å²) in [6, 6.07) is 5.27. The zero-order chi connectivity index (χ0) is 18.7. The van der Waals surface area contributed by atoms with Gasteiger partial charge in [-0.05, 0) is 24.6 Å². The number of hydrogen-bond donors (Lipinski definition) is 0. The maximum atomic E-state index is 12.1. The molecule has 0 N–H and O–H groups in total. The van der Waals surface area contributed by atoms with Crippen molar-refractivity contribution < 1.29 is 32.2 Å². The van der Waals surface area contributed by atoms with Crippen molar-refractivity contribution in [2.45, 2.75) is 25.1 Å². The second-order valence-electron chi connectivity index (χ2n) is 5.92. The van der Waals surface area contributed by atoms with E-state index in [1.807, 2.05) is 5.38 Å². The molecule has 0 bridgehead atoms. The van der Waals surface area contributed by atoms with Gasteiger partial charge in [0.25, 0.3) is 0 Å². The number of ether oxygens (including phenoxy) is 3. The number of amides is 1. The Bertz CT molecular complexity index is 777. The van der Waals surface area contributed by atoms with Gasteiger partial charge in [0.2, 0.25) is 0 Å². The fourth-order valence-electron chi connectivity index (χ4n) is 2.75. The summed E-state index contributed by atoms with van der Waals surface area (Å²) in [7, 11) is 1.55. The van der Waals surface area contributed by atoms with E-state index in [0.717, 1.165) is 15.8 Å². The highest BCUT2D eigenvalue weighted by atomic mass is 32.1. The summed E-state index contributed by atoms with van der Waals surface area (Å²) in [6.45, 7) is 0.745. The van der Waals surface area contributed by atoms with Crippen LogP contribution in [0.5, 0.6) is 5.75 Å². The van der Waals surface area contributed by atoms with Gasteiger partial charge >= 0.3 is 12.3 Å². The Labute approximate surface area is 152 Å². The monoisotopic (exact) mass is 389 g/mol. The predicted molar refractivity (Wildman–Crippen MR) is 92.1 cm³/mol. The lowest BCUT2D eigenvalue weighted by atomic mass is 10.2. The number of carbonyl (C=O) groups excluding carboxylic acids is 1. The van der Waals surface area contributed by atoms with E-state index in [-0.39, 0.29) is 19.1 Å². The van der Waals surface area contributed by atoms with Crippen LogP contribution in [0.3, 0.4) is 0 Å². The van der Waals surface area contributed by atoms with Gasteiger partial charge in [-0.3, -0.25) is 4.90 Å². The number of benzene rings is 1. The summed E-state index contributed by atoms with van der Waals surface area (Å²) in [5.74, 6) is 0.509. The molecule has 1 aliphatic heterocycles. The zero-order valence-electron chi connectivity index (χ0n) is 14.0. The van der Waals surface area contributed by atoms with Crippen molar-refractivity contribution in [1.29, 1.82) is 0 Å². The zero-order valence-corrected chi connectivity index (χ0v) is 14.9. The fourth-order valence-corrected chi connectivity index (χ4v) is 3.72. The molecule has 1 fully saturated rings. The summed E-state index contributed by atoms with van der Waals surface area (Å²) in [4.78, 5) is 13.6. The highest BCUT2D eigenvalue weighted by Gasteiger charge is 2.33. The highest BCUT2D eigenvalue weighted by Crippen LogP contribution is 2.37. The number of methoxy groups -OCH3 is 1. The smallest absolute Gasteiger partial charge is 0.414 e. The van der Waals surface area contributed by atoms with Crippen molar-refractivity contribution in [3.8, 4) is 5.75 Å². The van der Waals surface area contributed by atoms with Gasteiger partial charge in [0, 0.05) is 29.0 Å². The van der Waals surface area contributed by atoms with E-state index in [1.165, 1.54) is 11.3 Å². The first-order valence-corrected chi connectivity index (χ1v) is 8.93. The lowest BCUT2D eigenvalue weighted by Crippen LogP contribution is -2.25. The molecule has 5 nitrogen and oxygen atoms in total. The van der Waals surface area contributed by atoms with E-state index in [2.05, 4.69) is 0 Å². The number of nitrogens with zero attached hydrogens (tertiary/aromatic N) is 1. The van der Waals surface area contributed by atoms with Crippen LogP contribution < -0.4 is 9.64 Å². The SMILES string of the molecule is COCC1CN(c2csc3cc(OCCCC(F)(F)F)ccc23)C(=O)O1. The minimum absolute atomic E-state index is 0.000395. The number of fused-ring (bicyclic) bond motifs is 1. The second kappa shape index (κ2) is 7.71. The van der Waals surface area contributed by atoms with Crippen LogP contribution in [-0.2, 0) is 9.47 Å². The molecule has 2 aromatic rings. The van der Waals surface area contributed by atoms with Crippen molar-refractivity contribution in [1.82, 2.24) is 0 Å². The Kier molecular flexibility index (Phi) is 5.57. The van der Waals surface area contributed by atoms with E-state index in [9.17, 15) is 18.0 Å². The summed E-state index contributed by atoms with van der Waals surface area (Å²) < 4.78 is 53.0. The Morgan fingerprint density at radius 1 is 1.38 bits per heavy atom. The first kappa shape index (κ1) is 18.8. The summed E-state index contributed by atoms with van der Waals surface area (Å²) in [5, 5.41) is 2.72. The Hall–Kier alpha value is -2.00. The number of carbonyl (C=O) groups is 1. The molecule has 1 aromatic carbocycles. The van der Waals surface area contributed by atoms with E-state index in [1.54, 1.807) is 30.2 Å². The molecule has 26 heavy (non-hydrogen) atoms. The van der Waals surface area contributed by atoms with E-state index >= 15 is 0 Å². The molecule has 1 saturated heterocycles. The van der Waals surface area contributed by atoms with E-state index in [4.69, 9.17) is 14.2 Å². The molecule has 0 saturated carbocycles. The molecular formula is C17H18F3NO4S. The standard InChI is InChI=1S/C17H18F3NO4S/c1-23-9-12-8-21(16(22)25-12)14-10-26-15-7-11(3-4-13(14)15)24-6-2-5-17(18,19)20/h3-4,7,10,12H,2,5-6,8-9H2,1H3. The van der Waals surface area contributed by atoms with Crippen molar-refractivity contribution in [2.24, 2.45) is 0 Å². The predicted octanol–water partition coefficient (Wildman–Crippen LogP) is 4.59. The summed E-state index contributed by atoms with van der Waals surface area (Å²) in [5.41, 5.74) is 0.747. The number of hydrogen-bond acceptors (Lipinski definition) is 5. The molecule has 1 aromatic heterocycles. The van der Waals surface area contributed by atoms with Crippen molar-refractivity contribution in [2.75, 3.05) is 31.8 Å². The minimum atomic E-state index is -4.17. The van der Waals surface area contributed by atoms with Crippen LogP contribution in [-0.4, -0.2) is 45.2 Å². The fraction of sp³-hybridized carbons (Fsp3) is 0.471. The second-order valence-corrected chi connectivity index (χ2v) is 6.83. The van der Waals surface area contributed by atoms with Gasteiger partial charge in [-0.1, -0.05) is 0 Å². The Morgan fingerprint density at radius 3 is 2.92 bits per heavy atom. The number of halogens is 3. The van der Waals surface area contributed by atoms with Crippen LogP contribution in [0, 0.1) is 0 Å². The molecule has 1 aliphatic rings. The van der Waals surface area contributed by atoms with Gasteiger partial charge in [-0.15, -0.1) is 11.3 Å². The van der Waals surface area contributed by atoms with Gasteiger partial charge in [0.15, 0.2) is 0 Å². The topological polar surface area (TPSA) is 48.0 Å². The van der Waals surface area contributed by atoms with Gasteiger partial charge in [0.1, 0.15) is 11.9 Å². The van der Waals surface area contributed by atoms with Gasteiger partial charge in [0.05, 0.1) is 25.4 Å². The maximum Gasteiger partial charge on any atom is 0.414 e. The highest BCUT2D eigenvalue weighted by molar-refractivity contribution is 7.17. The summed E-state index contributed by atoms with van der Waals surface area (Å²) >= 11 is 1.43. The molecule has 1 unspecified atom stereocenters. The van der Waals surface area contributed by atoms with Gasteiger partial charge in [-0.25, -0.2) is 4.79 Å². The average Bonchev–Trinajstić information content (AvgIpc) is 3.14. The number of thiophene rings is 1. The van der Waals surface area contributed by atoms with Crippen LogP contribution in [0.4, 0.5) is 23.7 Å². The number of alkyl halides is 3. The Balaban J connectivity index is 1.67. The van der Waals surface area contributed by atoms with Crippen molar-refractivity contribution in [3.05, 3.63) is 23.6 Å². The molecule has 142 valence electrons. The lowest BCUT2D eigenvalue weighted by Gasteiger charge is -2.12. The first-order valence-electron chi connectivity index (χ1n) is 8.05. The number of anilines is 1. The normalized spacial score (nSPS) is 17.8. The average molecular weight is 389 g/mol. The molecule has 0 aliphatic carbocycles. The van der Waals surface area contributed by atoms with E-state index in [0.29, 0.717) is 18.9 Å². The first-order chi connectivity index (χ1) is 12.4. The van der Waals surface area contributed by atoms with Crippen LogP contribution >= 0.6 is 11.3 Å². The third kappa shape index (κ3) is 4.39. The summed E-state index contributed by atoms with van der Waals surface area (Å²) in [6.07, 6.45) is -5.84. The minimum Gasteiger partial charge on any atom is -0.494 e. The third-order valence-electron chi connectivity index (χ3n) is 3.92. The van der Waals surface area contributed by atoms with Gasteiger partial charge < -0.3 is 14.2 Å². The molecular weight excluding hydrogens is 371 g/mol. The molecule has 2 heterocycles. The lowest BCUT2D eigenvalue weighted by molar-refractivity contribution is -0.136. The molecule has 9 heteroatoms. The van der Waals surface area contributed by atoms with Crippen molar-refractivity contribution in [3.63, 3.8) is 0 Å². The largest absolute Gasteiger partial charge is 0.494 e. The molecule has 1 amide bonds. The molecule has 0 radical (unpaired) electrons. The quantitative estimate of drug-likeness (QED) is 0.650. The van der Waals surface area contributed by atoms with E-state index < -0.39 is 18.7 Å². The van der Waals surface area contributed by atoms with Crippen LogP contribution in [0.1, 0.15) is 12.8 Å². The number of cyclic esters (lactones) is 1.